The maximum atomic E-state index is 11.6. The molecule has 15 heavy (non-hydrogen) atoms. The van der Waals surface area contributed by atoms with E-state index in [9.17, 15) is 4.79 Å². The first-order valence-corrected chi connectivity index (χ1v) is 5.57. The van der Waals surface area contributed by atoms with Crippen molar-refractivity contribution < 1.29 is 4.79 Å². The second-order valence-electron chi connectivity index (χ2n) is 3.49. The number of para-hydroxylation sites is 1. The summed E-state index contributed by atoms with van der Waals surface area (Å²) in [5, 5.41) is 3.19. The molecule has 1 aromatic carbocycles. The van der Waals surface area contributed by atoms with Gasteiger partial charge in [-0.15, -0.1) is 23.2 Å². The topological polar surface area (TPSA) is 29.1 Å². The van der Waals surface area contributed by atoms with E-state index in [0.717, 1.165) is 0 Å². The maximum absolute atomic E-state index is 11.6. The van der Waals surface area contributed by atoms with Gasteiger partial charge in [-0.25, -0.2) is 0 Å². The molecule has 0 aromatic heterocycles. The average Bonchev–Trinajstić information content (AvgIpc) is 2.79. The first kappa shape index (κ1) is 11.1. The van der Waals surface area contributed by atoms with Crippen LogP contribution in [0, 0.1) is 5.92 Å². The smallest absolute Gasteiger partial charge is 0.230 e. The second-order valence-corrected chi connectivity index (χ2v) is 5.44. The van der Waals surface area contributed by atoms with Crippen LogP contribution in [0.25, 0.3) is 0 Å². The molecule has 1 N–H and O–H groups in total. The van der Waals surface area contributed by atoms with Crippen LogP contribution in [0.4, 0.5) is 5.69 Å². The lowest BCUT2D eigenvalue weighted by atomic mass is 10.3. The van der Waals surface area contributed by atoms with E-state index in [4.69, 9.17) is 34.8 Å². The predicted octanol–water partition coefficient (Wildman–Crippen LogP) is 3.47. The van der Waals surface area contributed by atoms with Gasteiger partial charge in [-0.2, -0.15) is 0 Å². The van der Waals surface area contributed by atoms with Crippen LogP contribution < -0.4 is 5.32 Å². The summed E-state index contributed by atoms with van der Waals surface area (Å²) in [6.07, 6.45) is 0.492. The van der Waals surface area contributed by atoms with Gasteiger partial charge in [0.25, 0.3) is 0 Å². The zero-order valence-corrected chi connectivity index (χ0v) is 9.90. The van der Waals surface area contributed by atoms with E-state index >= 15 is 0 Å². The first-order chi connectivity index (χ1) is 7.00. The van der Waals surface area contributed by atoms with Crippen LogP contribution in [-0.2, 0) is 4.79 Å². The van der Waals surface area contributed by atoms with Gasteiger partial charge in [-0.05, 0) is 18.6 Å². The molecule has 5 heteroatoms. The third-order valence-corrected chi connectivity index (χ3v) is 3.44. The lowest BCUT2D eigenvalue weighted by molar-refractivity contribution is -0.117. The van der Waals surface area contributed by atoms with Gasteiger partial charge in [-0.3, -0.25) is 4.79 Å². The Morgan fingerprint density at radius 3 is 2.53 bits per heavy atom. The zero-order valence-electron chi connectivity index (χ0n) is 7.64. The molecule has 1 fully saturated rings. The van der Waals surface area contributed by atoms with E-state index in [1.54, 1.807) is 24.3 Å². The second kappa shape index (κ2) is 3.85. The van der Waals surface area contributed by atoms with Crippen LogP contribution in [0.15, 0.2) is 24.3 Å². The van der Waals surface area contributed by atoms with Crippen LogP contribution in [-0.4, -0.2) is 10.2 Å². The standard InChI is InChI=1S/C10H8Cl3NO/c11-7-3-1-2-4-8(7)14-9(15)6-5-10(6,12)13/h1-4,6H,5H2,(H,14,15). The Bertz CT molecular complexity index is 405. The molecule has 0 radical (unpaired) electrons. The molecule has 2 nitrogen and oxygen atoms in total. The molecule has 0 aliphatic heterocycles. The minimum absolute atomic E-state index is 0.187. The molecular formula is C10H8Cl3NO. The molecule has 1 aliphatic carbocycles. The summed E-state index contributed by atoms with van der Waals surface area (Å²) < 4.78 is -0.897. The average molecular weight is 265 g/mol. The monoisotopic (exact) mass is 263 g/mol. The molecule has 1 amide bonds. The van der Waals surface area contributed by atoms with Crippen molar-refractivity contribution in [3.63, 3.8) is 0 Å². The molecule has 1 saturated carbocycles. The number of rotatable bonds is 2. The highest BCUT2D eigenvalue weighted by Gasteiger charge is 2.56. The SMILES string of the molecule is O=C(Nc1ccccc1Cl)C1CC1(Cl)Cl. The Labute approximate surface area is 103 Å². The Balaban J connectivity index is 2.05. The van der Waals surface area contributed by atoms with E-state index in [2.05, 4.69) is 5.32 Å². The third-order valence-electron chi connectivity index (χ3n) is 2.27. The fraction of sp³-hybridized carbons (Fsp3) is 0.300. The number of carbonyl (C=O) groups is 1. The molecule has 0 heterocycles. The summed E-state index contributed by atoms with van der Waals surface area (Å²) in [5.41, 5.74) is 0.584. The molecule has 1 aromatic rings. The molecule has 0 saturated heterocycles. The van der Waals surface area contributed by atoms with Crippen molar-refractivity contribution in [2.45, 2.75) is 10.8 Å². The van der Waals surface area contributed by atoms with E-state index in [-0.39, 0.29) is 11.8 Å². The van der Waals surface area contributed by atoms with Crippen molar-refractivity contribution >= 4 is 46.4 Å². The number of carbonyl (C=O) groups excluding carboxylic acids is 1. The molecular weight excluding hydrogens is 256 g/mol. The molecule has 0 bridgehead atoms. The van der Waals surface area contributed by atoms with Gasteiger partial charge in [0, 0.05) is 0 Å². The lowest BCUT2D eigenvalue weighted by Crippen LogP contribution is -2.16. The number of halogens is 3. The summed E-state index contributed by atoms with van der Waals surface area (Å²) >= 11 is 17.4. The molecule has 2 rings (SSSR count). The van der Waals surface area contributed by atoms with Gasteiger partial charge < -0.3 is 5.32 Å². The third kappa shape index (κ3) is 2.39. The van der Waals surface area contributed by atoms with E-state index < -0.39 is 4.33 Å². The summed E-state index contributed by atoms with van der Waals surface area (Å²) in [4.78, 5) is 11.6. The summed E-state index contributed by atoms with van der Waals surface area (Å²) in [6, 6.07) is 7.02. The Morgan fingerprint density at radius 1 is 1.40 bits per heavy atom. The Kier molecular flexibility index (Phi) is 2.84. The highest BCUT2D eigenvalue weighted by molar-refractivity contribution is 6.52. The van der Waals surface area contributed by atoms with Gasteiger partial charge in [0.05, 0.1) is 16.6 Å². The fourth-order valence-electron chi connectivity index (χ4n) is 1.28. The fourth-order valence-corrected chi connectivity index (χ4v) is 1.97. The highest BCUT2D eigenvalue weighted by atomic mass is 35.5. The van der Waals surface area contributed by atoms with Crippen LogP contribution in [0.1, 0.15) is 6.42 Å². The molecule has 0 spiro atoms. The number of benzene rings is 1. The molecule has 1 unspecified atom stereocenters. The van der Waals surface area contributed by atoms with Crippen molar-refractivity contribution in [2.24, 2.45) is 5.92 Å². The minimum Gasteiger partial charge on any atom is -0.324 e. The van der Waals surface area contributed by atoms with Crippen LogP contribution in [0.5, 0.6) is 0 Å². The van der Waals surface area contributed by atoms with E-state index in [1.807, 2.05) is 0 Å². The summed E-state index contributed by atoms with van der Waals surface area (Å²) in [6.45, 7) is 0. The zero-order chi connectivity index (χ0) is 11.1. The largest absolute Gasteiger partial charge is 0.324 e. The minimum atomic E-state index is -0.897. The normalized spacial score (nSPS) is 22.2. The number of alkyl halides is 2. The maximum Gasteiger partial charge on any atom is 0.230 e. The molecule has 80 valence electrons. The van der Waals surface area contributed by atoms with E-state index in [0.29, 0.717) is 17.1 Å². The predicted molar refractivity (Wildman–Crippen MR) is 62.6 cm³/mol. The van der Waals surface area contributed by atoms with Gasteiger partial charge in [0.1, 0.15) is 4.33 Å². The lowest BCUT2D eigenvalue weighted by Gasteiger charge is -2.06. The van der Waals surface area contributed by atoms with Crippen LogP contribution >= 0.6 is 34.8 Å². The number of hydrogen-bond donors (Lipinski definition) is 1. The van der Waals surface area contributed by atoms with Gasteiger partial charge >= 0.3 is 0 Å². The highest BCUT2D eigenvalue weighted by Crippen LogP contribution is 2.53. The van der Waals surface area contributed by atoms with Crippen molar-refractivity contribution in [3.8, 4) is 0 Å². The van der Waals surface area contributed by atoms with Crippen LogP contribution in [0.3, 0.4) is 0 Å². The first-order valence-electron chi connectivity index (χ1n) is 4.44. The van der Waals surface area contributed by atoms with E-state index in [1.165, 1.54) is 0 Å². The number of amides is 1. The number of anilines is 1. The Hall–Kier alpha value is -0.440. The Morgan fingerprint density at radius 2 is 2.00 bits per heavy atom. The van der Waals surface area contributed by atoms with Crippen molar-refractivity contribution in [1.82, 2.24) is 0 Å². The summed E-state index contributed by atoms with van der Waals surface area (Å²) in [5.74, 6) is -0.523. The van der Waals surface area contributed by atoms with Crippen molar-refractivity contribution in [3.05, 3.63) is 29.3 Å². The number of nitrogens with one attached hydrogen (secondary N) is 1. The quantitative estimate of drug-likeness (QED) is 0.814. The van der Waals surface area contributed by atoms with Crippen LogP contribution in [0.2, 0.25) is 5.02 Å². The molecule has 1 aliphatic rings. The van der Waals surface area contributed by atoms with Crippen molar-refractivity contribution in [1.29, 1.82) is 0 Å². The number of hydrogen-bond acceptors (Lipinski definition) is 1. The summed E-state index contributed by atoms with van der Waals surface area (Å²) in [7, 11) is 0. The molecule has 1 atom stereocenters. The van der Waals surface area contributed by atoms with Gasteiger partial charge in [0.15, 0.2) is 0 Å². The van der Waals surface area contributed by atoms with Crippen molar-refractivity contribution in [2.75, 3.05) is 5.32 Å². The van der Waals surface area contributed by atoms with Gasteiger partial charge in [0.2, 0.25) is 5.91 Å². The van der Waals surface area contributed by atoms with Gasteiger partial charge in [-0.1, -0.05) is 23.7 Å².